The molecule has 1 fully saturated rings. The number of hydrogen-bond donors (Lipinski definition) is 2. The van der Waals surface area contributed by atoms with Crippen molar-refractivity contribution in [2.45, 2.75) is 12.5 Å². The Hall–Kier alpha value is -1.21. The highest BCUT2D eigenvalue weighted by Gasteiger charge is 2.31. The first-order chi connectivity index (χ1) is 10.4. The Bertz CT molecular complexity index is 652. The Morgan fingerprint density at radius 3 is 2.71 bits per heavy atom. The summed E-state index contributed by atoms with van der Waals surface area (Å²) in [5.74, 6) is 0.786. The minimum absolute atomic E-state index is 0. The topological polar surface area (TPSA) is 58.6 Å². The smallest absolute Gasteiger partial charge is 0.172 e. The molecule has 2 aromatic rings. The van der Waals surface area contributed by atoms with E-state index in [2.05, 4.69) is 36.5 Å². The largest absolute Gasteiger partial charge is 1.00 e. The van der Waals surface area contributed by atoms with Crippen LogP contribution in [0, 0.1) is 0 Å². The zero-order valence-electron chi connectivity index (χ0n) is 14.6. The van der Waals surface area contributed by atoms with Gasteiger partial charge in [-0.15, -0.1) is 17.5 Å². The monoisotopic (exact) mass is 374 g/mol. The summed E-state index contributed by atoms with van der Waals surface area (Å²) in [4.78, 5) is 2.52. The molecule has 1 unspecified atom stereocenters. The predicted molar refractivity (Wildman–Crippen MR) is 98.2 cm³/mol. The van der Waals surface area contributed by atoms with Crippen LogP contribution in [0.25, 0.3) is 5.52 Å². The van der Waals surface area contributed by atoms with Crippen molar-refractivity contribution in [3.63, 3.8) is 0 Å². The maximum Gasteiger partial charge on any atom is 0.172 e. The van der Waals surface area contributed by atoms with Gasteiger partial charge in [-0.25, -0.2) is 4.52 Å². The van der Waals surface area contributed by atoms with E-state index in [1.54, 1.807) is 0 Å². The number of likely N-dealkylation sites (tertiary alicyclic amines) is 1. The number of aromatic nitrogens is 2. The van der Waals surface area contributed by atoms with Crippen LogP contribution < -0.4 is 23.5 Å². The number of pyridine rings is 1. The number of halogens is 2. The minimum Gasteiger partial charge on any atom is -1.00 e. The summed E-state index contributed by atoms with van der Waals surface area (Å²) in [7, 11) is 6.84. The molecule has 3 N–H and O–H groups in total. The van der Waals surface area contributed by atoms with E-state index in [0.29, 0.717) is 0 Å². The molecule has 1 saturated heterocycles. The Kier molecular flexibility index (Phi) is 7.16. The fourth-order valence-corrected chi connectivity index (χ4v) is 3.13. The molecule has 136 valence electrons. The van der Waals surface area contributed by atoms with E-state index in [0.717, 1.165) is 40.6 Å². The first-order valence-corrected chi connectivity index (χ1v) is 7.95. The summed E-state index contributed by atoms with van der Waals surface area (Å²) in [6, 6.07) is 6.66. The molecule has 1 aliphatic rings. The number of fused-ring (bicyclic) bond motifs is 1. The molecule has 8 heteroatoms. The maximum absolute atomic E-state index is 6.15. The molecule has 0 saturated carbocycles. The molecule has 0 amide bonds. The molecule has 0 aliphatic carbocycles. The number of likely N-dealkylation sites (N-methyl/N-ethyl adjacent to an activating group) is 1. The van der Waals surface area contributed by atoms with E-state index in [4.69, 9.17) is 5.73 Å². The number of anilines is 2. The minimum atomic E-state index is 0. The van der Waals surface area contributed by atoms with Crippen LogP contribution in [0.1, 0.15) is 6.42 Å². The van der Waals surface area contributed by atoms with Crippen molar-refractivity contribution in [2.24, 2.45) is 0 Å². The maximum atomic E-state index is 6.15. The molecule has 3 rings (SSSR count). The van der Waals surface area contributed by atoms with Crippen LogP contribution in [0.3, 0.4) is 0 Å². The second-order valence-corrected chi connectivity index (χ2v) is 7.08. The van der Waals surface area contributed by atoms with Gasteiger partial charge in [0, 0.05) is 32.3 Å². The molecule has 1 atom stereocenters. The lowest BCUT2D eigenvalue weighted by atomic mass is 10.2. The van der Waals surface area contributed by atoms with Crippen molar-refractivity contribution >= 4 is 29.4 Å². The van der Waals surface area contributed by atoms with E-state index in [-0.39, 0.29) is 24.8 Å². The van der Waals surface area contributed by atoms with Gasteiger partial charge in [-0.2, -0.15) is 0 Å². The summed E-state index contributed by atoms with van der Waals surface area (Å²) in [5.41, 5.74) is 7.83. The molecule has 24 heavy (non-hydrogen) atoms. The van der Waals surface area contributed by atoms with E-state index in [9.17, 15) is 0 Å². The van der Waals surface area contributed by atoms with Gasteiger partial charge >= 0.3 is 0 Å². The third-order valence-electron chi connectivity index (χ3n) is 4.64. The highest BCUT2D eigenvalue weighted by atomic mass is 35.5. The molecule has 1 aliphatic heterocycles. The highest BCUT2D eigenvalue weighted by Crippen LogP contribution is 2.22. The van der Waals surface area contributed by atoms with E-state index in [1.807, 2.05) is 28.9 Å². The quantitative estimate of drug-likeness (QED) is 0.627. The van der Waals surface area contributed by atoms with Crippen LogP contribution in [0.4, 0.5) is 11.5 Å². The SMILES string of the molecule is C[N+](C)(C)C1CCN(CCNc2nn3ccccc3c2N)C1.Cl.[Cl-]. The van der Waals surface area contributed by atoms with Gasteiger partial charge in [-0.05, 0) is 12.1 Å². The third kappa shape index (κ3) is 4.45. The van der Waals surface area contributed by atoms with Crippen molar-refractivity contribution in [2.75, 3.05) is 58.4 Å². The second-order valence-electron chi connectivity index (χ2n) is 7.08. The molecule has 2 aromatic heterocycles. The average Bonchev–Trinajstić information content (AvgIpc) is 3.05. The number of nitrogens with two attached hydrogens (primary N) is 1. The highest BCUT2D eigenvalue weighted by molar-refractivity contribution is 5.85. The summed E-state index contributed by atoms with van der Waals surface area (Å²) in [6.45, 7) is 4.26. The number of nitrogens with one attached hydrogen (secondary N) is 1. The van der Waals surface area contributed by atoms with Gasteiger partial charge in [-0.3, -0.25) is 4.90 Å². The molecule has 0 radical (unpaired) electrons. The van der Waals surface area contributed by atoms with Crippen molar-refractivity contribution < 1.29 is 16.9 Å². The lowest BCUT2D eigenvalue weighted by molar-refractivity contribution is -0.893. The van der Waals surface area contributed by atoms with Gasteiger partial charge in [0.25, 0.3) is 0 Å². The van der Waals surface area contributed by atoms with Gasteiger partial charge in [0.2, 0.25) is 0 Å². The molecular weight excluding hydrogens is 347 g/mol. The van der Waals surface area contributed by atoms with Crippen LogP contribution in [0.2, 0.25) is 0 Å². The molecular formula is C16H28Cl2N6. The van der Waals surface area contributed by atoms with Crippen LogP contribution in [-0.4, -0.2) is 72.4 Å². The normalized spacial score (nSPS) is 18.2. The van der Waals surface area contributed by atoms with Crippen LogP contribution in [0.5, 0.6) is 0 Å². The zero-order chi connectivity index (χ0) is 15.7. The summed E-state index contributed by atoms with van der Waals surface area (Å²) < 4.78 is 2.87. The molecule has 0 spiro atoms. The Labute approximate surface area is 156 Å². The lowest BCUT2D eigenvalue weighted by Crippen LogP contribution is -3.00. The van der Waals surface area contributed by atoms with Crippen LogP contribution in [0.15, 0.2) is 24.4 Å². The molecule has 0 aromatic carbocycles. The number of nitrogens with zero attached hydrogens (tertiary/aromatic N) is 4. The molecule has 0 bridgehead atoms. The van der Waals surface area contributed by atoms with Crippen molar-refractivity contribution in [3.05, 3.63) is 24.4 Å². The van der Waals surface area contributed by atoms with E-state index in [1.165, 1.54) is 19.5 Å². The van der Waals surface area contributed by atoms with Crippen LogP contribution in [-0.2, 0) is 0 Å². The fourth-order valence-electron chi connectivity index (χ4n) is 3.13. The Morgan fingerprint density at radius 1 is 1.33 bits per heavy atom. The number of quaternary nitrogens is 1. The average molecular weight is 375 g/mol. The van der Waals surface area contributed by atoms with Gasteiger partial charge in [-0.1, -0.05) is 6.07 Å². The van der Waals surface area contributed by atoms with Crippen molar-refractivity contribution in [1.29, 1.82) is 0 Å². The van der Waals surface area contributed by atoms with Gasteiger partial charge in [0.05, 0.1) is 33.2 Å². The Morgan fingerprint density at radius 2 is 2.08 bits per heavy atom. The van der Waals surface area contributed by atoms with Crippen molar-refractivity contribution in [1.82, 2.24) is 14.5 Å². The summed E-state index contributed by atoms with van der Waals surface area (Å²) in [5, 5.41) is 7.87. The second kappa shape index (κ2) is 8.25. The van der Waals surface area contributed by atoms with E-state index < -0.39 is 0 Å². The zero-order valence-corrected chi connectivity index (χ0v) is 16.1. The summed E-state index contributed by atoms with van der Waals surface area (Å²) in [6.07, 6.45) is 3.20. The van der Waals surface area contributed by atoms with E-state index >= 15 is 0 Å². The molecule has 6 nitrogen and oxygen atoms in total. The summed E-state index contributed by atoms with van der Waals surface area (Å²) >= 11 is 0. The van der Waals surface area contributed by atoms with Gasteiger partial charge in [0.15, 0.2) is 5.82 Å². The molecule has 3 heterocycles. The lowest BCUT2D eigenvalue weighted by Gasteiger charge is -2.31. The number of nitrogen functional groups attached to an aromatic ring is 1. The Balaban J connectivity index is 0.00000144. The predicted octanol–water partition coefficient (Wildman–Crippen LogP) is -1.47. The van der Waals surface area contributed by atoms with Gasteiger partial charge < -0.3 is 27.9 Å². The van der Waals surface area contributed by atoms with Gasteiger partial charge in [0.1, 0.15) is 11.7 Å². The standard InChI is InChI=1S/C16H27N6.2ClH/c1-22(2,3)13-7-10-20(12-13)11-8-18-16-15(17)14-6-4-5-9-21(14)19-16;;/h4-6,9,13H,7-8,10-12,17H2,1-3H3,(H,18,19);2*1H/q+1;;/p-1. The van der Waals surface area contributed by atoms with Crippen LogP contribution >= 0.6 is 12.4 Å². The fraction of sp³-hybridized carbons (Fsp3) is 0.562. The third-order valence-corrected chi connectivity index (χ3v) is 4.64. The van der Waals surface area contributed by atoms with Crippen molar-refractivity contribution in [3.8, 4) is 0 Å². The number of hydrogen-bond acceptors (Lipinski definition) is 4. The first kappa shape index (κ1) is 20.8. The first-order valence-electron chi connectivity index (χ1n) is 7.95. The number of rotatable bonds is 5.